The fraction of sp³-hybridized carbons (Fsp3) is 0.357. The Morgan fingerprint density at radius 1 is 1.35 bits per heavy atom. The smallest absolute Gasteiger partial charge is 0.180 e. The van der Waals surface area contributed by atoms with Crippen molar-refractivity contribution in [2.45, 2.75) is 25.7 Å². The predicted octanol–water partition coefficient (Wildman–Crippen LogP) is 4.11. The molecule has 0 spiro atoms. The Morgan fingerprint density at radius 3 is 2.75 bits per heavy atom. The molecule has 1 aliphatic carbocycles. The van der Waals surface area contributed by atoms with E-state index in [1.54, 1.807) is 6.20 Å². The number of nitrogens with one attached hydrogen (secondary N) is 1. The highest BCUT2D eigenvalue weighted by atomic mass is 127. The number of halogens is 2. The lowest BCUT2D eigenvalue weighted by molar-refractivity contribution is 0.966. The molecule has 0 aromatic carbocycles. The first-order valence-electron chi connectivity index (χ1n) is 6.62. The van der Waals surface area contributed by atoms with Crippen LogP contribution in [0.5, 0.6) is 0 Å². The Morgan fingerprint density at radius 2 is 2.15 bits per heavy atom. The monoisotopic (exact) mass is 400 g/mol. The SMILES string of the molecule is CCNc1nc(-c2ccc(Cl)cn2)nc(C2CC2)c1I. The molecule has 1 fully saturated rings. The molecule has 2 heterocycles. The molecule has 0 unspecified atom stereocenters. The minimum Gasteiger partial charge on any atom is -0.369 e. The standard InChI is InChI=1S/C14H14ClIN4/c1-2-17-14-11(16)12(8-3-4-8)19-13(20-14)10-6-5-9(15)7-18-10/h5-8H,2-4H2,1H3,(H,17,19,20). The summed E-state index contributed by atoms with van der Waals surface area (Å²) < 4.78 is 1.13. The van der Waals surface area contributed by atoms with Crippen LogP contribution in [0.25, 0.3) is 11.5 Å². The summed E-state index contributed by atoms with van der Waals surface area (Å²) in [6, 6.07) is 3.67. The van der Waals surface area contributed by atoms with E-state index in [0.717, 1.165) is 27.3 Å². The normalized spacial score (nSPS) is 14.3. The summed E-state index contributed by atoms with van der Waals surface area (Å²) in [6.07, 6.45) is 4.06. The Labute approximate surface area is 136 Å². The summed E-state index contributed by atoms with van der Waals surface area (Å²) in [7, 11) is 0. The first-order chi connectivity index (χ1) is 9.69. The molecule has 6 heteroatoms. The van der Waals surface area contributed by atoms with E-state index in [9.17, 15) is 0 Å². The quantitative estimate of drug-likeness (QED) is 0.785. The van der Waals surface area contributed by atoms with Crippen molar-refractivity contribution in [3.05, 3.63) is 32.6 Å². The lowest BCUT2D eigenvalue weighted by Crippen LogP contribution is -2.08. The summed E-state index contributed by atoms with van der Waals surface area (Å²) in [5.41, 5.74) is 1.90. The topological polar surface area (TPSA) is 50.7 Å². The van der Waals surface area contributed by atoms with Crippen molar-refractivity contribution in [1.82, 2.24) is 15.0 Å². The van der Waals surface area contributed by atoms with Crippen molar-refractivity contribution in [1.29, 1.82) is 0 Å². The van der Waals surface area contributed by atoms with Crippen LogP contribution in [0.15, 0.2) is 18.3 Å². The van der Waals surface area contributed by atoms with Crippen molar-refractivity contribution >= 4 is 40.0 Å². The number of pyridine rings is 1. The van der Waals surface area contributed by atoms with Gasteiger partial charge in [0.1, 0.15) is 11.5 Å². The van der Waals surface area contributed by atoms with Gasteiger partial charge in [0.25, 0.3) is 0 Å². The van der Waals surface area contributed by atoms with Crippen molar-refractivity contribution in [3.63, 3.8) is 0 Å². The number of anilines is 1. The average molecular weight is 401 g/mol. The van der Waals surface area contributed by atoms with E-state index in [4.69, 9.17) is 16.6 Å². The van der Waals surface area contributed by atoms with Gasteiger partial charge in [0.05, 0.1) is 14.3 Å². The second-order valence-corrected chi connectivity index (χ2v) is 6.28. The molecule has 0 bridgehead atoms. The van der Waals surface area contributed by atoms with E-state index in [0.29, 0.717) is 16.8 Å². The van der Waals surface area contributed by atoms with Crippen LogP contribution < -0.4 is 5.32 Å². The molecule has 1 aliphatic rings. The van der Waals surface area contributed by atoms with E-state index in [1.807, 2.05) is 12.1 Å². The number of aromatic nitrogens is 3. The Kier molecular flexibility index (Phi) is 4.07. The zero-order valence-electron chi connectivity index (χ0n) is 11.0. The van der Waals surface area contributed by atoms with E-state index in [-0.39, 0.29) is 0 Å². The number of hydrogen-bond acceptors (Lipinski definition) is 4. The van der Waals surface area contributed by atoms with E-state index in [1.165, 1.54) is 12.8 Å². The minimum absolute atomic E-state index is 0.577. The van der Waals surface area contributed by atoms with Gasteiger partial charge in [-0.1, -0.05) is 11.6 Å². The van der Waals surface area contributed by atoms with Gasteiger partial charge in [-0.05, 0) is 54.5 Å². The van der Waals surface area contributed by atoms with Gasteiger partial charge in [-0.2, -0.15) is 0 Å². The van der Waals surface area contributed by atoms with Gasteiger partial charge in [0.2, 0.25) is 0 Å². The summed E-state index contributed by atoms with van der Waals surface area (Å²) in [5.74, 6) is 2.14. The van der Waals surface area contributed by atoms with Gasteiger partial charge in [-0.25, -0.2) is 9.97 Å². The van der Waals surface area contributed by atoms with Crippen LogP contribution in [-0.2, 0) is 0 Å². The average Bonchev–Trinajstić information content (AvgIpc) is 3.27. The molecule has 20 heavy (non-hydrogen) atoms. The molecular formula is C14H14ClIN4. The third-order valence-electron chi connectivity index (χ3n) is 3.14. The molecule has 0 radical (unpaired) electrons. The zero-order chi connectivity index (χ0) is 14.1. The molecule has 0 amide bonds. The lowest BCUT2D eigenvalue weighted by atomic mass is 10.2. The molecule has 4 nitrogen and oxygen atoms in total. The highest BCUT2D eigenvalue weighted by Crippen LogP contribution is 2.42. The van der Waals surface area contributed by atoms with Crippen LogP contribution in [0, 0.1) is 3.57 Å². The van der Waals surface area contributed by atoms with Crippen molar-refractivity contribution in [2.24, 2.45) is 0 Å². The molecule has 1 saturated carbocycles. The maximum atomic E-state index is 5.88. The zero-order valence-corrected chi connectivity index (χ0v) is 13.9. The summed E-state index contributed by atoms with van der Waals surface area (Å²) >= 11 is 8.21. The van der Waals surface area contributed by atoms with Crippen LogP contribution in [0.3, 0.4) is 0 Å². The van der Waals surface area contributed by atoms with Crippen molar-refractivity contribution in [3.8, 4) is 11.5 Å². The molecule has 2 aromatic heterocycles. The van der Waals surface area contributed by atoms with Crippen LogP contribution in [0.2, 0.25) is 5.02 Å². The van der Waals surface area contributed by atoms with Crippen LogP contribution in [-0.4, -0.2) is 21.5 Å². The molecular weight excluding hydrogens is 387 g/mol. The van der Waals surface area contributed by atoms with Gasteiger partial charge in [0.15, 0.2) is 5.82 Å². The van der Waals surface area contributed by atoms with E-state index >= 15 is 0 Å². The molecule has 0 atom stereocenters. The summed E-state index contributed by atoms with van der Waals surface area (Å²) in [5, 5.41) is 3.93. The third-order valence-corrected chi connectivity index (χ3v) is 4.43. The Hall–Kier alpha value is -0.950. The van der Waals surface area contributed by atoms with Crippen molar-refractivity contribution in [2.75, 3.05) is 11.9 Å². The van der Waals surface area contributed by atoms with Crippen LogP contribution in [0.1, 0.15) is 31.4 Å². The number of rotatable bonds is 4. The van der Waals surface area contributed by atoms with Gasteiger partial charge in [0, 0.05) is 18.7 Å². The fourth-order valence-electron chi connectivity index (χ4n) is 2.00. The first-order valence-corrected chi connectivity index (χ1v) is 8.08. The molecule has 2 aromatic rings. The van der Waals surface area contributed by atoms with E-state index in [2.05, 4.69) is 44.8 Å². The van der Waals surface area contributed by atoms with Gasteiger partial charge in [-0.15, -0.1) is 0 Å². The maximum absolute atomic E-state index is 5.88. The second-order valence-electron chi connectivity index (χ2n) is 4.76. The Balaban J connectivity index is 2.07. The van der Waals surface area contributed by atoms with Gasteiger partial charge in [-0.3, -0.25) is 4.98 Å². The summed E-state index contributed by atoms with van der Waals surface area (Å²) in [6.45, 7) is 2.90. The number of nitrogens with zero attached hydrogens (tertiary/aromatic N) is 3. The predicted molar refractivity (Wildman–Crippen MR) is 89.1 cm³/mol. The first kappa shape index (κ1) is 14.0. The largest absolute Gasteiger partial charge is 0.369 e. The molecule has 104 valence electrons. The van der Waals surface area contributed by atoms with Crippen LogP contribution in [0.4, 0.5) is 5.82 Å². The lowest BCUT2D eigenvalue weighted by Gasteiger charge is -2.11. The Bertz CT molecular complexity index is 626. The van der Waals surface area contributed by atoms with E-state index < -0.39 is 0 Å². The van der Waals surface area contributed by atoms with Gasteiger partial charge < -0.3 is 5.32 Å². The van der Waals surface area contributed by atoms with Crippen LogP contribution >= 0.6 is 34.2 Å². The van der Waals surface area contributed by atoms with Crippen molar-refractivity contribution < 1.29 is 0 Å². The highest BCUT2D eigenvalue weighted by molar-refractivity contribution is 14.1. The fourth-order valence-corrected chi connectivity index (χ4v) is 2.98. The van der Waals surface area contributed by atoms with Gasteiger partial charge >= 0.3 is 0 Å². The summed E-state index contributed by atoms with van der Waals surface area (Å²) in [4.78, 5) is 13.6. The molecule has 3 rings (SSSR count). The molecule has 0 saturated heterocycles. The number of hydrogen-bond donors (Lipinski definition) is 1. The molecule has 0 aliphatic heterocycles. The minimum atomic E-state index is 0.577. The highest BCUT2D eigenvalue weighted by Gasteiger charge is 2.29. The molecule has 1 N–H and O–H groups in total. The second kappa shape index (κ2) is 5.81. The third kappa shape index (κ3) is 2.88. The maximum Gasteiger partial charge on any atom is 0.180 e.